The molecule has 3 aliphatic rings. The molecule has 0 unspecified atom stereocenters. The minimum absolute atomic E-state index is 0.0235. The van der Waals surface area contributed by atoms with E-state index in [4.69, 9.17) is 0 Å². The van der Waals surface area contributed by atoms with E-state index in [1.54, 1.807) is 18.6 Å². The van der Waals surface area contributed by atoms with Crippen LogP contribution in [0, 0.1) is 11.8 Å². The maximum Gasteiger partial charge on any atom is 0.239 e. The van der Waals surface area contributed by atoms with Gasteiger partial charge in [-0.1, -0.05) is 0 Å². The van der Waals surface area contributed by atoms with Gasteiger partial charge in [0.25, 0.3) is 0 Å². The van der Waals surface area contributed by atoms with Gasteiger partial charge >= 0.3 is 0 Å². The minimum Gasteiger partial charge on any atom is -0.316 e. The number of amides is 1. The Bertz CT molecular complexity index is 490. The van der Waals surface area contributed by atoms with Crippen LogP contribution >= 0.6 is 0 Å². The molecule has 3 fully saturated rings. The summed E-state index contributed by atoms with van der Waals surface area (Å²) in [4.78, 5) is 22.6. The largest absolute Gasteiger partial charge is 0.316 e. The predicted octanol–water partition coefficient (Wildman–Crippen LogP) is 0.0973. The zero-order valence-electron chi connectivity index (χ0n) is 11.3. The van der Waals surface area contributed by atoms with Crippen LogP contribution in [0.3, 0.4) is 0 Å². The summed E-state index contributed by atoms with van der Waals surface area (Å²) in [6.45, 7) is 2.72. The molecule has 3 saturated heterocycles. The summed E-state index contributed by atoms with van der Waals surface area (Å²) < 4.78 is 0. The maximum absolute atomic E-state index is 12.2. The molecule has 1 aromatic rings. The molecule has 6 nitrogen and oxygen atoms in total. The van der Waals surface area contributed by atoms with Crippen molar-refractivity contribution in [2.45, 2.75) is 24.9 Å². The average Bonchev–Trinajstić information content (AvgIpc) is 3.12. The zero-order valence-corrected chi connectivity index (χ0v) is 11.3. The molecule has 0 aliphatic carbocycles. The molecule has 0 saturated carbocycles. The van der Waals surface area contributed by atoms with Crippen molar-refractivity contribution in [3.8, 4) is 0 Å². The number of nitrogens with zero attached hydrogens (tertiary/aromatic N) is 3. The van der Waals surface area contributed by atoms with Crippen LogP contribution in [-0.4, -0.2) is 52.5 Å². The summed E-state index contributed by atoms with van der Waals surface area (Å²) >= 11 is 0. The molecule has 0 spiro atoms. The molecule has 106 valence electrons. The Balaban J connectivity index is 1.41. The molecule has 1 aromatic heterocycles. The van der Waals surface area contributed by atoms with E-state index in [1.165, 1.54) is 12.8 Å². The lowest BCUT2D eigenvalue weighted by atomic mass is 9.82. The molecule has 1 amide bonds. The normalized spacial score (nSPS) is 35.2. The minimum atomic E-state index is 0.0235. The number of carbonyl (C=O) groups is 1. The third-order valence-corrected chi connectivity index (χ3v) is 5.07. The van der Waals surface area contributed by atoms with E-state index in [0.717, 1.165) is 24.9 Å². The average molecular weight is 273 g/mol. The number of anilines is 1. The van der Waals surface area contributed by atoms with Crippen molar-refractivity contribution >= 4 is 11.7 Å². The van der Waals surface area contributed by atoms with Crippen LogP contribution in [0.15, 0.2) is 18.6 Å². The second-order valence-electron chi connectivity index (χ2n) is 6.01. The molecule has 3 aliphatic heterocycles. The van der Waals surface area contributed by atoms with Gasteiger partial charge in [-0.2, -0.15) is 0 Å². The van der Waals surface area contributed by atoms with E-state index < -0.39 is 0 Å². The van der Waals surface area contributed by atoms with Gasteiger partial charge < -0.3 is 10.6 Å². The fourth-order valence-electron chi connectivity index (χ4n) is 4.35. The number of nitrogens with one attached hydrogen (secondary N) is 2. The highest BCUT2D eigenvalue weighted by Gasteiger charge is 2.54. The fourth-order valence-corrected chi connectivity index (χ4v) is 4.35. The number of carbonyl (C=O) groups excluding carboxylic acids is 1. The first-order chi connectivity index (χ1) is 9.83. The van der Waals surface area contributed by atoms with Gasteiger partial charge in [0, 0.05) is 24.5 Å². The van der Waals surface area contributed by atoms with Gasteiger partial charge in [-0.25, -0.2) is 4.98 Å². The molecule has 2 N–H and O–H groups in total. The Kier molecular flexibility index (Phi) is 2.93. The molecule has 4 rings (SSSR count). The van der Waals surface area contributed by atoms with Crippen LogP contribution in [0.25, 0.3) is 0 Å². The Morgan fingerprint density at radius 3 is 2.70 bits per heavy atom. The van der Waals surface area contributed by atoms with Crippen molar-refractivity contribution in [2.75, 3.05) is 25.0 Å². The number of aromatic nitrogens is 2. The van der Waals surface area contributed by atoms with Crippen molar-refractivity contribution in [2.24, 2.45) is 11.8 Å². The monoisotopic (exact) mass is 273 g/mol. The molecule has 0 radical (unpaired) electrons. The van der Waals surface area contributed by atoms with E-state index in [2.05, 4.69) is 25.5 Å². The van der Waals surface area contributed by atoms with Gasteiger partial charge in [0.2, 0.25) is 5.91 Å². The van der Waals surface area contributed by atoms with Crippen molar-refractivity contribution in [1.82, 2.24) is 20.2 Å². The summed E-state index contributed by atoms with van der Waals surface area (Å²) in [7, 11) is 0. The van der Waals surface area contributed by atoms with E-state index in [9.17, 15) is 4.79 Å². The summed E-state index contributed by atoms with van der Waals surface area (Å²) in [5.41, 5.74) is 0. The molecule has 2 bridgehead atoms. The standard InChI is InChI=1S/C14H19N5O/c20-14(18-13-7-15-3-4-17-13)8-19-11-1-2-12(19)10-6-16-5-9(10)11/h3-4,7,9-12,16H,1-2,5-6,8H2,(H,17,18,20)/t9-,10+,11-,12+. The fraction of sp³-hybridized carbons (Fsp3) is 0.643. The van der Waals surface area contributed by atoms with Crippen LogP contribution < -0.4 is 10.6 Å². The number of hydrogen-bond acceptors (Lipinski definition) is 5. The first-order valence-electron chi connectivity index (χ1n) is 7.35. The van der Waals surface area contributed by atoms with Gasteiger partial charge in [0.1, 0.15) is 0 Å². The Hall–Kier alpha value is -1.53. The lowest BCUT2D eigenvalue weighted by Gasteiger charge is -2.23. The number of fused-ring (bicyclic) bond motifs is 5. The van der Waals surface area contributed by atoms with Gasteiger partial charge in [-0.15, -0.1) is 0 Å². The van der Waals surface area contributed by atoms with E-state index in [1.807, 2.05) is 0 Å². The van der Waals surface area contributed by atoms with Crippen molar-refractivity contribution < 1.29 is 4.79 Å². The number of rotatable bonds is 3. The van der Waals surface area contributed by atoms with Crippen LogP contribution in [0.1, 0.15) is 12.8 Å². The van der Waals surface area contributed by atoms with Gasteiger partial charge in [-0.05, 0) is 37.8 Å². The number of hydrogen-bond donors (Lipinski definition) is 2. The Morgan fingerprint density at radius 1 is 1.30 bits per heavy atom. The topological polar surface area (TPSA) is 70.2 Å². The summed E-state index contributed by atoms with van der Waals surface area (Å²) in [6.07, 6.45) is 7.25. The first-order valence-corrected chi connectivity index (χ1v) is 7.35. The molecule has 4 atom stereocenters. The van der Waals surface area contributed by atoms with Crippen LogP contribution in [0.4, 0.5) is 5.82 Å². The second-order valence-corrected chi connectivity index (χ2v) is 6.01. The quantitative estimate of drug-likeness (QED) is 0.817. The molecular formula is C14H19N5O. The lowest BCUT2D eigenvalue weighted by Crippen LogP contribution is -2.40. The van der Waals surface area contributed by atoms with Gasteiger partial charge in [0.05, 0.1) is 12.7 Å². The van der Waals surface area contributed by atoms with Crippen LogP contribution in [0.2, 0.25) is 0 Å². The van der Waals surface area contributed by atoms with E-state index >= 15 is 0 Å². The van der Waals surface area contributed by atoms with Crippen LogP contribution in [0.5, 0.6) is 0 Å². The maximum atomic E-state index is 12.2. The SMILES string of the molecule is O=C(CN1[C@@H]2CC[C@H]1[C@H]1CNC[C@H]12)Nc1cnccn1. The van der Waals surface area contributed by atoms with Gasteiger partial charge in [-0.3, -0.25) is 14.7 Å². The van der Waals surface area contributed by atoms with Crippen molar-refractivity contribution in [3.63, 3.8) is 0 Å². The zero-order chi connectivity index (χ0) is 13.5. The van der Waals surface area contributed by atoms with Crippen LogP contribution in [-0.2, 0) is 4.79 Å². The van der Waals surface area contributed by atoms with E-state index in [0.29, 0.717) is 24.4 Å². The predicted molar refractivity (Wildman–Crippen MR) is 74.0 cm³/mol. The highest BCUT2D eigenvalue weighted by atomic mass is 16.2. The van der Waals surface area contributed by atoms with Gasteiger partial charge in [0.15, 0.2) is 5.82 Å². The van der Waals surface area contributed by atoms with Crippen molar-refractivity contribution in [3.05, 3.63) is 18.6 Å². The second kappa shape index (κ2) is 4.79. The molecule has 6 heteroatoms. The highest BCUT2D eigenvalue weighted by molar-refractivity contribution is 5.91. The third-order valence-electron chi connectivity index (χ3n) is 5.07. The molecular weight excluding hydrogens is 254 g/mol. The highest BCUT2D eigenvalue weighted by Crippen LogP contribution is 2.46. The lowest BCUT2D eigenvalue weighted by molar-refractivity contribution is -0.117. The molecule has 4 heterocycles. The third kappa shape index (κ3) is 1.91. The summed E-state index contributed by atoms with van der Waals surface area (Å²) in [5, 5.41) is 6.33. The first kappa shape index (κ1) is 12.2. The Morgan fingerprint density at radius 2 is 2.05 bits per heavy atom. The van der Waals surface area contributed by atoms with E-state index in [-0.39, 0.29) is 5.91 Å². The summed E-state index contributed by atoms with van der Waals surface area (Å²) in [5.74, 6) is 2.05. The summed E-state index contributed by atoms with van der Waals surface area (Å²) in [6, 6.07) is 1.18. The Labute approximate surface area is 118 Å². The molecule has 20 heavy (non-hydrogen) atoms. The molecule has 0 aromatic carbocycles. The van der Waals surface area contributed by atoms with Crippen molar-refractivity contribution in [1.29, 1.82) is 0 Å². The smallest absolute Gasteiger partial charge is 0.239 e.